The predicted molar refractivity (Wildman–Crippen MR) is 58.0 cm³/mol. The molecule has 0 spiro atoms. The van der Waals surface area contributed by atoms with Crippen LogP contribution in [0.3, 0.4) is 0 Å². The zero-order valence-corrected chi connectivity index (χ0v) is 9.94. The van der Waals surface area contributed by atoms with Gasteiger partial charge in [-0.05, 0) is 19.1 Å². The summed E-state index contributed by atoms with van der Waals surface area (Å²) in [4.78, 5) is 14.4. The van der Waals surface area contributed by atoms with Gasteiger partial charge in [0.15, 0.2) is 11.5 Å². The maximum atomic E-state index is 13.1. The van der Waals surface area contributed by atoms with Crippen LogP contribution in [-0.2, 0) is 6.18 Å². The van der Waals surface area contributed by atoms with Crippen LogP contribution in [0.1, 0.15) is 21.7 Å². The van der Waals surface area contributed by atoms with E-state index < -0.39 is 29.2 Å². The molecule has 0 aliphatic heterocycles. The molecule has 0 aliphatic carbocycles. The summed E-state index contributed by atoms with van der Waals surface area (Å²) >= 11 is 0. The van der Waals surface area contributed by atoms with Crippen molar-refractivity contribution in [3.05, 3.63) is 41.1 Å². The molecule has 0 atom stereocenters. The minimum Gasteiger partial charge on any atom is -0.478 e. The van der Waals surface area contributed by atoms with Crippen LogP contribution in [0, 0.1) is 12.7 Å². The topological polar surface area (TPSA) is 68.0 Å². The molecular weight excluding hydrogens is 282 g/mol. The van der Waals surface area contributed by atoms with Crippen molar-refractivity contribution >= 4 is 5.97 Å². The van der Waals surface area contributed by atoms with Crippen molar-refractivity contribution in [3.8, 4) is 5.82 Å². The SMILES string of the molecule is Cc1nc(-n2ncc(C(=O)O)c2C(F)(F)F)ccc1F. The highest BCUT2D eigenvalue weighted by molar-refractivity contribution is 5.89. The van der Waals surface area contributed by atoms with Gasteiger partial charge in [-0.25, -0.2) is 18.9 Å². The normalized spacial score (nSPS) is 11.7. The highest BCUT2D eigenvalue weighted by Crippen LogP contribution is 2.33. The van der Waals surface area contributed by atoms with Gasteiger partial charge in [-0.2, -0.15) is 18.3 Å². The third kappa shape index (κ3) is 2.33. The molecule has 2 rings (SSSR count). The fourth-order valence-electron chi connectivity index (χ4n) is 1.60. The molecule has 5 nitrogen and oxygen atoms in total. The molecule has 1 N–H and O–H groups in total. The summed E-state index contributed by atoms with van der Waals surface area (Å²) < 4.78 is 52.2. The van der Waals surface area contributed by atoms with E-state index in [2.05, 4.69) is 10.1 Å². The summed E-state index contributed by atoms with van der Waals surface area (Å²) in [6.07, 6.45) is -4.36. The number of hydrogen-bond donors (Lipinski definition) is 1. The Bertz CT molecular complexity index is 679. The van der Waals surface area contributed by atoms with Gasteiger partial charge in [0.05, 0.1) is 11.9 Å². The number of alkyl halides is 3. The Morgan fingerprint density at radius 2 is 2.00 bits per heavy atom. The van der Waals surface area contributed by atoms with Crippen molar-refractivity contribution in [2.75, 3.05) is 0 Å². The lowest BCUT2D eigenvalue weighted by Gasteiger charge is -2.11. The molecule has 0 aliphatic rings. The number of aryl methyl sites for hydroxylation is 1. The molecule has 0 saturated carbocycles. The van der Waals surface area contributed by atoms with Crippen LogP contribution in [0.15, 0.2) is 18.3 Å². The second kappa shape index (κ2) is 4.58. The second-order valence-corrected chi connectivity index (χ2v) is 3.86. The Labute approximate surface area is 109 Å². The van der Waals surface area contributed by atoms with E-state index in [4.69, 9.17) is 5.11 Å². The first-order valence-electron chi connectivity index (χ1n) is 5.24. The molecule has 2 aromatic rings. The van der Waals surface area contributed by atoms with Crippen LogP contribution in [0.25, 0.3) is 5.82 Å². The molecule has 9 heteroatoms. The summed E-state index contributed by atoms with van der Waals surface area (Å²) in [7, 11) is 0. The van der Waals surface area contributed by atoms with E-state index in [1.165, 1.54) is 6.92 Å². The minimum absolute atomic E-state index is 0.122. The summed E-state index contributed by atoms with van der Waals surface area (Å²) in [5.41, 5.74) is -2.59. The Kier molecular flexibility index (Phi) is 3.20. The number of aromatic carboxylic acids is 1. The van der Waals surface area contributed by atoms with Gasteiger partial charge < -0.3 is 5.11 Å². The number of carbonyl (C=O) groups is 1. The van der Waals surface area contributed by atoms with Crippen LogP contribution >= 0.6 is 0 Å². The van der Waals surface area contributed by atoms with E-state index in [1.807, 2.05) is 0 Å². The molecule has 20 heavy (non-hydrogen) atoms. The van der Waals surface area contributed by atoms with Crippen molar-refractivity contribution in [1.82, 2.24) is 14.8 Å². The third-order valence-corrected chi connectivity index (χ3v) is 2.49. The lowest BCUT2D eigenvalue weighted by molar-refractivity contribution is -0.143. The molecule has 2 heterocycles. The van der Waals surface area contributed by atoms with Gasteiger partial charge in [0.2, 0.25) is 0 Å². The Balaban J connectivity index is 2.68. The molecule has 0 bridgehead atoms. The third-order valence-electron chi connectivity index (χ3n) is 2.49. The van der Waals surface area contributed by atoms with Crippen LogP contribution in [0.2, 0.25) is 0 Å². The maximum absolute atomic E-state index is 13.1. The van der Waals surface area contributed by atoms with Crippen LogP contribution in [0.4, 0.5) is 17.6 Å². The zero-order chi connectivity index (χ0) is 15.1. The van der Waals surface area contributed by atoms with Crippen molar-refractivity contribution in [2.45, 2.75) is 13.1 Å². The number of aromatic nitrogens is 3. The predicted octanol–water partition coefficient (Wildman–Crippen LogP) is 2.43. The first-order valence-corrected chi connectivity index (χ1v) is 5.24. The summed E-state index contributed by atoms with van der Waals surface area (Å²) in [6.45, 7) is 1.27. The maximum Gasteiger partial charge on any atom is 0.434 e. The smallest absolute Gasteiger partial charge is 0.434 e. The first kappa shape index (κ1) is 14.0. The molecule has 0 saturated heterocycles. The monoisotopic (exact) mass is 289 g/mol. The number of carboxylic acid groups (broad SMARTS) is 1. The Hall–Kier alpha value is -2.45. The van der Waals surface area contributed by atoms with Gasteiger partial charge in [0.25, 0.3) is 0 Å². The van der Waals surface area contributed by atoms with Gasteiger partial charge in [-0.15, -0.1) is 0 Å². The highest BCUT2D eigenvalue weighted by atomic mass is 19.4. The molecular formula is C11H7F4N3O2. The number of pyridine rings is 1. The van der Waals surface area contributed by atoms with Crippen molar-refractivity contribution in [1.29, 1.82) is 0 Å². The number of halogens is 4. The zero-order valence-electron chi connectivity index (χ0n) is 9.94. The standard InChI is InChI=1S/C11H7F4N3O2/c1-5-7(12)2-3-8(17-5)18-9(11(13,14)15)6(4-16-18)10(19)20/h2-4H,1H3,(H,19,20). The van der Waals surface area contributed by atoms with E-state index in [9.17, 15) is 22.4 Å². The fraction of sp³-hybridized carbons (Fsp3) is 0.182. The van der Waals surface area contributed by atoms with E-state index >= 15 is 0 Å². The molecule has 0 radical (unpaired) electrons. The van der Waals surface area contributed by atoms with Gasteiger partial charge in [-0.1, -0.05) is 0 Å². The fourth-order valence-corrected chi connectivity index (χ4v) is 1.60. The quantitative estimate of drug-likeness (QED) is 0.862. The largest absolute Gasteiger partial charge is 0.478 e. The summed E-state index contributed by atoms with van der Waals surface area (Å²) in [6, 6.07) is 1.91. The number of carboxylic acids is 1. The average Bonchev–Trinajstić information content (AvgIpc) is 2.77. The minimum atomic E-state index is -4.94. The van der Waals surface area contributed by atoms with Crippen molar-refractivity contribution in [2.24, 2.45) is 0 Å². The van der Waals surface area contributed by atoms with E-state index in [1.54, 1.807) is 0 Å². The number of hydrogen-bond acceptors (Lipinski definition) is 3. The van der Waals surface area contributed by atoms with Crippen molar-refractivity contribution in [3.63, 3.8) is 0 Å². The summed E-state index contributed by atoms with van der Waals surface area (Å²) in [5.74, 6) is -2.76. The molecule has 2 aromatic heterocycles. The Morgan fingerprint density at radius 3 is 2.50 bits per heavy atom. The number of nitrogens with zero attached hydrogens (tertiary/aromatic N) is 3. The highest BCUT2D eigenvalue weighted by Gasteiger charge is 2.41. The van der Waals surface area contributed by atoms with E-state index in [0.29, 0.717) is 10.9 Å². The lowest BCUT2D eigenvalue weighted by Crippen LogP contribution is -2.18. The molecule has 0 amide bonds. The van der Waals surface area contributed by atoms with Gasteiger partial charge in [-0.3, -0.25) is 0 Å². The lowest BCUT2D eigenvalue weighted by atomic mass is 10.2. The van der Waals surface area contributed by atoms with Crippen molar-refractivity contribution < 1.29 is 27.5 Å². The van der Waals surface area contributed by atoms with Gasteiger partial charge in [0.1, 0.15) is 11.4 Å². The molecule has 0 aromatic carbocycles. The second-order valence-electron chi connectivity index (χ2n) is 3.86. The molecule has 106 valence electrons. The van der Waals surface area contributed by atoms with Crippen LogP contribution in [-0.4, -0.2) is 25.8 Å². The van der Waals surface area contributed by atoms with Crippen LogP contribution < -0.4 is 0 Å². The summed E-state index contributed by atoms with van der Waals surface area (Å²) in [5, 5.41) is 12.1. The van der Waals surface area contributed by atoms with Crippen LogP contribution in [0.5, 0.6) is 0 Å². The van der Waals surface area contributed by atoms with Gasteiger partial charge in [0, 0.05) is 0 Å². The van der Waals surface area contributed by atoms with E-state index in [0.717, 1.165) is 12.1 Å². The first-order chi connectivity index (χ1) is 9.21. The molecule has 0 unspecified atom stereocenters. The van der Waals surface area contributed by atoms with E-state index in [-0.39, 0.29) is 11.5 Å². The average molecular weight is 289 g/mol. The van der Waals surface area contributed by atoms with Gasteiger partial charge >= 0.3 is 12.1 Å². The number of rotatable bonds is 2. The Morgan fingerprint density at radius 1 is 1.35 bits per heavy atom. The molecule has 0 fully saturated rings.